The second kappa shape index (κ2) is 14.7. The molecule has 0 bridgehead atoms. The van der Waals surface area contributed by atoms with Gasteiger partial charge in [-0.05, 0) is 117 Å². The lowest BCUT2D eigenvalue weighted by molar-refractivity contribution is 0.634. The summed E-state index contributed by atoms with van der Waals surface area (Å²) in [6, 6.07) is 81.7. The summed E-state index contributed by atoms with van der Waals surface area (Å²) in [7, 11) is 0. The summed E-state index contributed by atoms with van der Waals surface area (Å²) in [6.07, 6.45) is 0. The Balaban J connectivity index is 0.887. The van der Waals surface area contributed by atoms with Crippen LogP contribution in [0.15, 0.2) is 239 Å². The molecule has 9 aromatic carbocycles. The quantitative estimate of drug-likeness (QED) is 0.154. The zero-order valence-corrected chi connectivity index (χ0v) is 33.7. The molecule has 3 heterocycles. The van der Waals surface area contributed by atoms with Crippen molar-refractivity contribution in [3.63, 3.8) is 0 Å². The lowest BCUT2D eigenvalue weighted by Gasteiger charge is -2.26. The van der Waals surface area contributed by atoms with Gasteiger partial charge in [-0.15, -0.1) is 0 Å². The molecule has 12 aromatic rings. The van der Waals surface area contributed by atoms with Gasteiger partial charge in [-0.25, -0.2) is 0 Å². The lowest BCUT2D eigenvalue weighted by atomic mass is 10.00. The van der Waals surface area contributed by atoms with E-state index in [-0.39, 0.29) is 0 Å². The summed E-state index contributed by atoms with van der Waals surface area (Å²) in [5.41, 5.74) is 19.0. The highest BCUT2D eigenvalue weighted by molar-refractivity contribution is 6.20. The van der Waals surface area contributed by atoms with Crippen molar-refractivity contribution < 1.29 is 8.83 Å². The number of hydrogen-bond donors (Lipinski definition) is 0. The molecule has 4 heteroatoms. The van der Waals surface area contributed by atoms with E-state index in [1.807, 2.05) is 24.3 Å². The van der Waals surface area contributed by atoms with Gasteiger partial charge in [-0.3, -0.25) is 0 Å². The Bertz CT molecular complexity index is 3420. The summed E-state index contributed by atoms with van der Waals surface area (Å²) in [5, 5.41) is 2.12. The van der Waals surface area contributed by atoms with Crippen LogP contribution in [0.3, 0.4) is 0 Å². The average molecular weight is 795 g/mol. The van der Waals surface area contributed by atoms with Crippen LogP contribution >= 0.6 is 0 Å². The minimum atomic E-state index is 0.767. The molecule has 0 saturated carbocycles. The van der Waals surface area contributed by atoms with Crippen LogP contribution < -0.4 is 4.90 Å². The third-order valence-electron chi connectivity index (χ3n) is 12.1. The molecule has 0 aliphatic heterocycles. The maximum atomic E-state index is 6.44. The zero-order chi connectivity index (χ0) is 41.0. The first-order valence-corrected chi connectivity index (χ1v) is 21.0. The molecule has 0 spiro atoms. The van der Waals surface area contributed by atoms with E-state index in [9.17, 15) is 0 Å². The van der Waals surface area contributed by atoms with Crippen molar-refractivity contribution >= 4 is 61.2 Å². The molecule has 62 heavy (non-hydrogen) atoms. The fraction of sp³-hybridized carbons (Fsp3) is 0. The lowest BCUT2D eigenvalue weighted by Crippen LogP contribution is -2.09. The first-order chi connectivity index (χ1) is 30.7. The van der Waals surface area contributed by atoms with E-state index in [1.165, 1.54) is 33.4 Å². The largest absolute Gasteiger partial charge is 0.450 e. The number of fused-ring (bicyclic) bond motifs is 7. The van der Waals surface area contributed by atoms with E-state index >= 15 is 0 Å². The topological polar surface area (TPSA) is 34.5 Å². The van der Waals surface area contributed by atoms with Crippen molar-refractivity contribution in [1.29, 1.82) is 0 Å². The predicted octanol–water partition coefficient (Wildman–Crippen LogP) is 16.4. The molecule has 0 amide bonds. The number of nitrogens with zero attached hydrogens (tertiary/aromatic N) is 2. The highest BCUT2D eigenvalue weighted by Crippen LogP contribution is 2.44. The van der Waals surface area contributed by atoms with Crippen LogP contribution in [0.4, 0.5) is 17.1 Å². The highest BCUT2D eigenvalue weighted by atomic mass is 16.4. The normalized spacial score (nSPS) is 11.5. The van der Waals surface area contributed by atoms with Crippen molar-refractivity contribution in [2.45, 2.75) is 0 Å². The van der Waals surface area contributed by atoms with Crippen LogP contribution in [0.2, 0.25) is 0 Å². The Morgan fingerprint density at radius 2 is 0.565 bits per heavy atom. The molecule has 0 aliphatic carbocycles. The van der Waals surface area contributed by atoms with E-state index in [0.717, 1.165) is 78.0 Å². The second-order valence-electron chi connectivity index (χ2n) is 15.7. The van der Waals surface area contributed by atoms with E-state index in [0.29, 0.717) is 0 Å². The summed E-state index contributed by atoms with van der Waals surface area (Å²) in [5.74, 6) is 0. The molecular weight excluding hydrogens is 757 g/mol. The van der Waals surface area contributed by atoms with Gasteiger partial charge in [-0.2, -0.15) is 0 Å². The van der Waals surface area contributed by atoms with Crippen molar-refractivity contribution in [1.82, 2.24) is 4.57 Å². The van der Waals surface area contributed by atoms with Crippen LogP contribution in [-0.4, -0.2) is 4.57 Å². The van der Waals surface area contributed by atoms with Gasteiger partial charge >= 0.3 is 0 Å². The van der Waals surface area contributed by atoms with Gasteiger partial charge in [0.1, 0.15) is 22.2 Å². The Labute approximate surface area is 358 Å². The Hall–Kier alpha value is -8.34. The molecule has 0 radical (unpaired) electrons. The maximum absolute atomic E-state index is 6.44. The van der Waals surface area contributed by atoms with Gasteiger partial charge in [0.05, 0.1) is 0 Å². The van der Waals surface area contributed by atoms with Crippen LogP contribution in [0.25, 0.3) is 94.3 Å². The number of benzene rings is 9. The van der Waals surface area contributed by atoms with E-state index in [2.05, 4.69) is 216 Å². The van der Waals surface area contributed by atoms with Crippen molar-refractivity contribution in [2.24, 2.45) is 0 Å². The number of para-hydroxylation sites is 2. The summed E-state index contributed by atoms with van der Waals surface area (Å²) in [4.78, 5) is 2.33. The molecule has 0 N–H and O–H groups in total. The Kier molecular flexibility index (Phi) is 8.46. The second-order valence-corrected chi connectivity index (χ2v) is 15.7. The average Bonchev–Trinajstić information content (AvgIpc) is 4.01. The molecule has 3 aromatic heterocycles. The molecule has 0 saturated heterocycles. The summed E-state index contributed by atoms with van der Waals surface area (Å²) in [6.45, 7) is 0. The van der Waals surface area contributed by atoms with Gasteiger partial charge < -0.3 is 18.3 Å². The predicted molar refractivity (Wildman–Crippen MR) is 257 cm³/mol. The van der Waals surface area contributed by atoms with Crippen molar-refractivity contribution in [3.05, 3.63) is 231 Å². The summed E-state index contributed by atoms with van der Waals surface area (Å²) >= 11 is 0. The number of hydrogen-bond acceptors (Lipinski definition) is 3. The molecule has 0 atom stereocenters. The Morgan fingerprint density at radius 3 is 0.935 bits per heavy atom. The van der Waals surface area contributed by atoms with Gasteiger partial charge in [0, 0.05) is 33.5 Å². The van der Waals surface area contributed by atoms with Crippen molar-refractivity contribution in [3.8, 4) is 50.2 Å². The number of anilines is 3. The zero-order valence-electron chi connectivity index (χ0n) is 33.7. The molecule has 0 aliphatic rings. The standard InChI is InChI=1S/C58H38N2O2/c1-3-11-39(12-4-1)41-19-21-42(22-20-41)44-25-33-48(34-26-44)59(47-31-23-43(24-32-47)40-13-5-2-6-14-40)49-35-27-45(28-36-49)46-29-37-50(38-30-46)60-55-51-15-7-9-17-53(51)61-57(55)58-56(60)52-16-8-10-18-54(52)62-58/h1-38H. The minimum absolute atomic E-state index is 0.767. The van der Waals surface area contributed by atoms with E-state index in [1.54, 1.807) is 0 Å². The monoisotopic (exact) mass is 794 g/mol. The van der Waals surface area contributed by atoms with Crippen LogP contribution in [0.1, 0.15) is 0 Å². The van der Waals surface area contributed by atoms with Crippen LogP contribution in [-0.2, 0) is 0 Å². The molecule has 0 fully saturated rings. The smallest absolute Gasteiger partial charge is 0.196 e. The molecule has 292 valence electrons. The van der Waals surface area contributed by atoms with Crippen molar-refractivity contribution in [2.75, 3.05) is 4.90 Å². The molecule has 4 nitrogen and oxygen atoms in total. The molecule has 12 rings (SSSR count). The van der Waals surface area contributed by atoms with Gasteiger partial charge in [0.15, 0.2) is 11.2 Å². The van der Waals surface area contributed by atoms with Gasteiger partial charge in [0.25, 0.3) is 0 Å². The SMILES string of the molecule is c1ccc(-c2ccc(-c3ccc(N(c4ccc(-c5ccccc5)cc4)c4ccc(-c5ccc(-n6c7c8ccccc8oc7c7oc8ccccc8c76)cc5)cc4)cc3)cc2)cc1. The minimum Gasteiger partial charge on any atom is -0.450 e. The van der Waals surface area contributed by atoms with E-state index < -0.39 is 0 Å². The number of aromatic nitrogens is 1. The fourth-order valence-electron chi connectivity index (χ4n) is 8.96. The van der Waals surface area contributed by atoms with Gasteiger partial charge in [0.2, 0.25) is 0 Å². The number of rotatable bonds is 8. The van der Waals surface area contributed by atoms with Gasteiger partial charge in [-0.1, -0.05) is 158 Å². The third-order valence-corrected chi connectivity index (χ3v) is 12.1. The van der Waals surface area contributed by atoms with Crippen LogP contribution in [0, 0.1) is 0 Å². The molecule has 0 unspecified atom stereocenters. The first-order valence-electron chi connectivity index (χ1n) is 21.0. The van der Waals surface area contributed by atoms with E-state index in [4.69, 9.17) is 8.83 Å². The third kappa shape index (κ3) is 6.08. The molecular formula is C58H38N2O2. The first kappa shape index (κ1) is 35.6. The fourth-order valence-corrected chi connectivity index (χ4v) is 8.96. The van der Waals surface area contributed by atoms with Crippen LogP contribution in [0.5, 0.6) is 0 Å². The number of furan rings is 2. The maximum Gasteiger partial charge on any atom is 0.196 e. The Morgan fingerprint density at radius 1 is 0.274 bits per heavy atom. The highest BCUT2D eigenvalue weighted by Gasteiger charge is 2.24. The summed E-state index contributed by atoms with van der Waals surface area (Å²) < 4.78 is 15.2.